The fraction of sp³-hybridized carbons (Fsp3) is 0.0476. The highest BCUT2D eigenvalue weighted by molar-refractivity contribution is 7.90. The number of fused-ring (bicyclic) bond motifs is 1. The van der Waals surface area contributed by atoms with Crippen LogP contribution < -0.4 is 15.8 Å². The minimum atomic E-state index is -3.97. The van der Waals surface area contributed by atoms with E-state index in [-0.39, 0.29) is 16.4 Å². The van der Waals surface area contributed by atoms with Gasteiger partial charge in [-0.1, -0.05) is 12.1 Å². The number of nitrogens with two attached hydrogens (primary N) is 1. The summed E-state index contributed by atoms with van der Waals surface area (Å²) < 4.78 is 25.9. The lowest BCUT2D eigenvalue weighted by Crippen LogP contribution is -2.28. The lowest BCUT2D eigenvalue weighted by molar-refractivity contribution is -0.117. The van der Waals surface area contributed by atoms with Gasteiger partial charge in [0, 0.05) is 29.9 Å². The Labute approximate surface area is 182 Å². The second-order valence-electron chi connectivity index (χ2n) is 6.91. The molecule has 0 bridgehead atoms. The van der Waals surface area contributed by atoms with Crippen molar-refractivity contribution in [2.45, 2.75) is 11.8 Å². The molecule has 0 saturated carbocycles. The molecule has 5 N–H and O–H groups in total. The summed E-state index contributed by atoms with van der Waals surface area (Å²) >= 11 is 0. The largest absolute Gasteiger partial charge is 0.382 e. The van der Waals surface area contributed by atoms with Gasteiger partial charge >= 0.3 is 0 Å². The van der Waals surface area contributed by atoms with Gasteiger partial charge in [0.05, 0.1) is 16.8 Å². The van der Waals surface area contributed by atoms with E-state index in [4.69, 9.17) is 5.73 Å². The van der Waals surface area contributed by atoms with E-state index >= 15 is 0 Å². The number of hydrogen-bond donors (Lipinski definition) is 4. The predicted molar refractivity (Wildman–Crippen MR) is 119 cm³/mol. The lowest BCUT2D eigenvalue weighted by Gasteiger charge is -2.09. The minimum Gasteiger partial charge on any atom is -0.382 e. The van der Waals surface area contributed by atoms with Crippen molar-refractivity contribution in [2.24, 2.45) is 0 Å². The first-order chi connectivity index (χ1) is 15.2. The Morgan fingerprint density at radius 1 is 1.06 bits per heavy atom. The summed E-state index contributed by atoms with van der Waals surface area (Å²) in [4.78, 5) is 35.2. The van der Waals surface area contributed by atoms with Crippen LogP contribution in [-0.4, -0.2) is 35.2 Å². The predicted octanol–water partition coefficient (Wildman–Crippen LogP) is 2.28. The molecule has 162 valence electrons. The van der Waals surface area contributed by atoms with Crippen molar-refractivity contribution >= 4 is 44.2 Å². The molecule has 0 aliphatic carbocycles. The standard InChI is InChI=1S/C21H18N6O4S/c1-12(28)27-32(30,31)16-6-4-15(5-7-16)25-21(29)19-20(22)24-11-18(26-19)14-3-2-13-8-9-23-17(13)10-14/h2-11,23H,1H3,(H2,22,24)(H,25,29)(H,27,28). The number of aromatic amines is 1. The number of sulfonamides is 1. The van der Waals surface area contributed by atoms with Gasteiger partial charge < -0.3 is 16.0 Å². The van der Waals surface area contributed by atoms with E-state index in [1.54, 1.807) is 0 Å². The van der Waals surface area contributed by atoms with Crippen LogP contribution in [0, 0.1) is 0 Å². The molecule has 2 heterocycles. The van der Waals surface area contributed by atoms with Gasteiger partial charge in [0.15, 0.2) is 11.5 Å². The molecular formula is C21H18N6O4S. The van der Waals surface area contributed by atoms with Crippen molar-refractivity contribution in [3.63, 3.8) is 0 Å². The van der Waals surface area contributed by atoms with Crippen LogP contribution >= 0.6 is 0 Å². The molecule has 0 atom stereocenters. The molecule has 2 aromatic heterocycles. The van der Waals surface area contributed by atoms with Gasteiger partial charge in [-0.25, -0.2) is 23.1 Å². The molecule has 0 aliphatic heterocycles. The van der Waals surface area contributed by atoms with Crippen LogP contribution in [0.15, 0.2) is 65.8 Å². The second kappa shape index (κ2) is 8.12. The van der Waals surface area contributed by atoms with Gasteiger partial charge in [-0.15, -0.1) is 0 Å². The molecule has 0 fully saturated rings. The van der Waals surface area contributed by atoms with Gasteiger partial charge in [0.25, 0.3) is 15.9 Å². The SMILES string of the molecule is CC(=O)NS(=O)(=O)c1ccc(NC(=O)c2nc(-c3ccc4cc[nH]c4c3)cnc2N)cc1. The van der Waals surface area contributed by atoms with E-state index in [1.165, 1.54) is 30.5 Å². The summed E-state index contributed by atoms with van der Waals surface area (Å²) in [6.45, 7) is 1.10. The number of carbonyl (C=O) groups excluding carboxylic acids is 2. The molecule has 2 amide bonds. The number of hydrogen-bond acceptors (Lipinski definition) is 7. The number of nitrogens with one attached hydrogen (secondary N) is 3. The average Bonchev–Trinajstić information content (AvgIpc) is 3.21. The fourth-order valence-electron chi connectivity index (χ4n) is 3.07. The molecule has 4 aromatic rings. The third-order valence-corrected chi connectivity index (χ3v) is 6.02. The van der Waals surface area contributed by atoms with Crippen LogP contribution in [0.5, 0.6) is 0 Å². The lowest BCUT2D eigenvalue weighted by atomic mass is 10.1. The Balaban J connectivity index is 1.57. The Hall–Kier alpha value is -4.25. The first-order valence-corrected chi connectivity index (χ1v) is 10.9. The number of anilines is 2. The highest BCUT2D eigenvalue weighted by Gasteiger charge is 2.18. The van der Waals surface area contributed by atoms with Crippen LogP contribution in [-0.2, 0) is 14.8 Å². The summed E-state index contributed by atoms with van der Waals surface area (Å²) in [5.74, 6) is -1.35. The Bertz CT molecular complexity index is 1440. The molecule has 4 rings (SSSR count). The monoisotopic (exact) mass is 450 g/mol. The maximum Gasteiger partial charge on any atom is 0.278 e. The molecule has 0 unspecified atom stereocenters. The Morgan fingerprint density at radius 2 is 1.81 bits per heavy atom. The number of rotatable bonds is 5. The zero-order valence-corrected chi connectivity index (χ0v) is 17.6. The summed E-state index contributed by atoms with van der Waals surface area (Å²) in [5.41, 5.74) is 8.26. The van der Waals surface area contributed by atoms with Crippen molar-refractivity contribution in [1.82, 2.24) is 19.7 Å². The van der Waals surface area contributed by atoms with Gasteiger partial charge in [-0.05, 0) is 41.8 Å². The number of carbonyl (C=O) groups is 2. The highest BCUT2D eigenvalue weighted by atomic mass is 32.2. The van der Waals surface area contributed by atoms with E-state index < -0.39 is 21.8 Å². The van der Waals surface area contributed by atoms with E-state index in [1.807, 2.05) is 35.2 Å². The molecule has 10 nitrogen and oxygen atoms in total. The number of H-pyrrole nitrogens is 1. The number of amides is 2. The maximum absolute atomic E-state index is 12.7. The molecule has 11 heteroatoms. The Morgan fingerprint density at radius 3 is 2.53 bits per heavy atom. The van der Waals surface area contributed by atoms with Crippen LogP contribution in [0.3, 0.4) is 0 Å². The van der Waals surface area contributed by atoms with Gasteiger partial charge in [0.2, 0.25) is 5.91 Å². The Kier molecular flexibility index (Phi) is 5.33. The molecule has 2 aromatic carbocycles. The van der Waals surface area contributed by atoms with Crippen LogP contribution in [0.1, 0.15) is 17.4 Å². The molecule has 0 aliphatic rings. The van der Waals surface area contributed by atoms with E-state index in [2.05, 4.69) is 20.3 Å². The van der Waals surface area contributed by atoms with Crippen molar-refractivity contribution in [3.8, 4) is 11.3 Å². The van der Waals surface area contributed by atoms with Gasteiger partial charge in [0.1, 0.15) is 0 Å². The molecular weight excluding hydrogens is 432 g/mol. The average molecular weight is 450 g/mol. The number of benzene rings is 2. The normalized spacial score (nSPS) is 11.3. The smallest absolute Gasteiger partial charge is 0.278 e. The van der Waals surface area contributed by atoms with Crippen molar-refractivity contribution in [2.75, 3.05) is 11.1 Å². The summed E-state index contributed by atoms with van der Waals surface area (Å²) in [7, 11) is -3.97. The summed E-state index contributed by atoms with van der Waals surface area (Å²) in [6.07, 6.45) is 3.31. The van der Waals surface area contributed by atoms with E-state index in [9.17, 15) is 18.0 Å². The van der Waals surface area contributed by atoms with Crippen molar-refractivity contribution < 1.29 is 18.0 Å². The zero-order chi connectivity index (χ0) is 22.9. The quantitative estimate of drug-likeness (QED) is 0.363. The van der Waals surface area contributed by atoms with Gasteiger partial charge in [-0.2, -0.15) is 0 Å². The third-order valence-electron chi connectivity index (χ3n) is 4.57. The minimum absolute atomic E-state index is 0.0444. The number of nitrogens with zero attached hydrogens (tertiary/aromatic N) is 2. The van der Waals surface area contributed by atoms with Crippen LogP contribution in [0.25, 0.3) is 22.2 Å². The number of nitrogen functional groups attached to an aromatic ring is 1. The van der Waals surface area contributed by atoms with Crippen molar-refractivity contribution in [1.29, 1.82) is 0 Å². The van der Waals surface area contributed by atoms with Crippen LogP contribution in [0.4, 0.5) is 11.5 Å². The van der Waals surface area contributed by atoms with E-state index in [0.29, 0.717) is 11.4 Å². The van der Waals surface area contributed by atoms with Crippen molar-refractivity contribution in [3.05, 3.63) is 66.6 Å². The molecule has 0 radical (unpaired) electrons. The maximum atomic E-state index is 12.7. The van der Waals surface area contributed by atoms with E-state index in [0.717, 1.165) is 23.4 Å². The summed E-state index contributed by atoms with van der Waals surface area (Å²) in [6, 6.07) is 12.9. The highest BCUT2D eigenvalue weighted by Crippen LogP contribution is 2.23. The molecule has 0 spiro atoms. The topological polar surface area (TPSA) is 160 Å². The zero-order valence-electron chi connectivity index (χ0n) is 16.8. The second-order valence-corrected chi connectivity index (χ2v) is 8.59. The van der Waals surface area contributed by atoms with Crippen LogP contribution in [0.2, 0.25) is 0 Å². The number of aromatic nitrogens is 3. The fourth-order valence-corrected chi connectivity index (χ4v) is 4.06. The van der Waals surface area contributed by atoms with Gasteiger partial charge in [-0.3, -0.25) is 9.59 Å². The first kappa shape index (κ1) is 21.0. The first-order valence-electron chi connectivity index (χ1n) is 9.38. The summed E-state index contributed by atoms with van der Waals surface area (Å²) in [5, 5.41) is 3.65. The molecule has 32 heavy (non-hydrogen) atoms. The molecule has 0 saturated heterocycles. The third kappa shape index (κ3) is 4.27.